The van der Waals surface area contributed by atoms with Crippen LogP contribution in [0.5, 0.6) is 0 Å². The van der Waals surface area contributed by atoms with E-state index in [1.807, 2.05) is 18.5 Å². The molecule has 39 heavy (non-hydrogen) atoms. The molecular formula is C30H28N6O2S. The molecule has 0 saturated carbocycles. The van der Waals surface area contributed by atoms with Crippen molar-refractivity contribution in [3.8, 4) is 11.1 Å². The Hall–Kier alpha value is -4.08. The molecule has 2 aliphatic heterocycles. The van der Waals surface area contributed by atoms with E-state index in [0.717, 1.165) is 61.7 Å². The fourth-order valence-electron chi connectivity index (χ4n) is 5.10. The molecule has 4 aromatic rings. The van der Waals surface area contributed by atoms with Gasteiger partial charge < -0.3 is 10.2 Å². The maximum absolute atomic E-state index is 11.8. The number of imide groups is 1. The van der Waals surface area contributed by atoms with Gasteiger partial charge in [-0.3, -0.25) is 19.9 Å². The first kappa shape index (κ1) is 25.2. The van der Waals surface area contributed by atoms with Crippen molar-refractivity contribution in [1.82, 2.24) is 25.6 Å². The molecule has 0 unspecified atom stereocenters. The topological polar surface area (TPSA) is 100 Å². The summed E-state index contributed by atoms with van der Waals surface area (Å²) in [7, 11) is 0. The Morgan fingerprint density at radius 1 is 1.05 bits per heavy atom. The van der Waals surface area contributed by atoms with Crippen molar-refractivity contribution < 1.29 is 9.59 Å². The summed E-state index contributed by atoms with van der Waals surface area (Å²) in [5.74, 6) is 0.864. The highest BCUT2D eigenvalue weighted by molar-refractivity contribution is 8.18. The maximum Gasteiger partial charge on any atom is 0.290 e. The Morgan fingerprint density at radius 2 is 1.92 bits per heavy atom. The molecule has 2 N–H and O–H groups in total. The van der Waals surface area contributed by atoms with E-state index in [9.17, 15) is 9.59 Å². The summed E-state index contributed by atoms with van der Waals surface area (Å²) in [6.45, 7) is 3.54. The lowest BCUT2D eigenvalue weighted by Crippen LogP contribution is -2.38. The Kier molecular flexibility index (Phi) is 7.33. The third-order valence-corrected chi connectivity index (χ3v) is 7.96. The first-order valence-corrected chi connectivity index (χ1v) is 13.9. The van der Waals surface area contributed by atoms with Crippen molar-refractivity contribution in [3.63, 3.8) is 0 Å². The molecule has 0 aliphatic carbocycles. The zero-order valence-electron chi connectivity index (χ0n) is 21.3. The van der Waals surface area contributed by atoms with Crippen LogP contribution in [0.2, 0.25) is 0 Å². The smallest absolute Gasteiger partial charge is 0.290 e. The van der Waals surface area contributed by atoms with Crippen molar-refractivity contribution in [1.29, 1.82) is 0 Å². The highest BCUT2D eigenvalue weighted by Crippen LogP contribution is 2.29. The van der Waals surface area contributed by atoms with Crippen LogP contribution in [0.4, 0.5) is 10.7 Å². The number of hydrogen-bond donors (Lipinski definition) is 2. The Balaban J connectivity index is 1.02. The van der Waals surface area contributed by atoms with Crippen LogP contribution in [0.1, 0.15) is 24.1 Å². The molecule has 2 aromatic heterocycles. The zero-order chi connectivity index (χ0) is 26.6. The highest BCUT2D eigenvalue weighted by Gasteiger charge is 2.25. The summed E-state index contributed by atoms with van der Waals surface area (Å²) >= 11 is 0.894. The summed E-state index contributed by atoms with van der Waals surface area (Å²) in [6.07, 6.45) is 9.30. The van der Waals surface area contributed by atoms with Gasteiger partial charge in [-0.1, -0.05) is 42.5 Å². The van der Waals surface area contributed by atoms with E-state index < -0.39 is 0 Å². The number of thioether (sulfide) groups is 1. The first-order chi connectivity index (χ1) is 19.1. The molecule has 2 fully saturated rings. The van der Waals surface area contributed by atoms with E-state index in [-0.39, 0.29) is 11.1 Å². The van der Waals surface area contributed by atoms with E-state index in [1.165, 1.54) is 16.5 Å². The van der Waals surface area contributed by atoms with Gasteiger partial charge in [-0.2, -0.15) is 0 Å². The quantitative estimate of drug-likeness (QED) is 0.318. The van der Waals surface area contributed by atoms with Crippen LogP contribution in [0.25, 0.3) is 28.0 Å². The number of benzene rings is 2. The summed E-state index contributed by atoms with van der Waals surface area (Å²) < 4.78 is 0. The average molecular weight is 537 g/mol. The van der Waals surface area contributed by atoms with E-state index >= 15 is 0 Å². The molecular weight excluding hydrogens is 508 g/mol. The minimum Gasteiger partial charge on any atom is -0.341 e. The van der Waals surface area contributed by atoms with Gasteiger partial charge in [0.2, 0.25) is 5.95 Å². The molecule has 2 aliphatic rings. The number of pyridine rings is 1. The van der Waals surface area contributed by atoms with Gasteiger partial charge in [-0.25, -0.2) is 9.97 Å². The van der Waals surface area contributed by atoms with E-state index in [0.29, 0.717) is 22.5 Å². The van der Waals surface area contributed by atoms with Crippen LogP contribution in [-0.4, -0.2) is 45.7 Å². The van der Waals surface area contributed by atoms with Crippen molar-refractivity contribution >= 4 is 45.7 Å². The van der Waals surface area contributed by atoms with Gasteiger partial charge in [0, 0.05) is 49.2 Å². The number of aromatic nitrogens is 3. The van der Waals surface area contributed by atoms with Crippen molar-refractivity contribution in [2.45, 2.75) is 19.4 Å². The number of nitrogens with zero attached hydrogens (tertiary/aromatic N) is 4. The largest absolute Gasteiger partial charge is 0.341 e. The van der Waals surface area contributed by atoms with Crippen molar-refractivity contribution in [2.24, 2.45) is 5.92 Å². The molecule has 0 bridgehead atoms. The number of carbonyl (C=O) groups excluding carboxylic acids is 2. The second-order valence-corrected chi connectivity index (χ2v) is 10.8. The fourth-order valence-corrected chi connectivity index (χ4v) is 5.77. The molecule has 0 spiro atoms. The Morgan fingerprint density at radius 3 is 2.77 bits per heavy atom. The average Bonchev–Trinajstić information content (AvgIpc) is 3.29. The Labute approximate surface area is 231 Å². The lowest BCUT2D eigenvalue weighted by atomic mass is 9.96. The van der Waals surface area contributed by atoms with Crippen LogP contribution in [0, 0.1) is 5.92 Å². The molecule has 8 nitrogen and oxygen atoms in total. The zero-order valence-corrected chi connectivity index (χ0v) is 22.2. The van der Waals surface area contributed by atoms with Gasteiger partial charge in [-0.05, 0) is 71.8 Å². The van der Waals surface area contributed by atoms with Crippen LogP contribution < -0.4 is 15.5 Å². The predicted molar refractivity (Wildman–Crippen MR) is 155 cm³/mol. The molecule has 2 amide bonds. The third kappa shape index (κ3) is 5.84. The highest BCUT2D eigenvalue weighted by atomic mass is 32.2. The van der Waals surface area contributed by atoms with E-state index in [1.54, 1.807) is 18.3 Å². The lowest BCUT2D eigenvalue weighted by molar-refractivity contribution is -0.115. The van der Waals surface area contributed by atoms with Crippen LogP contribution in [-0.2, 0) is 11.3 Å². The number of hydrogen-bond acceptors (Lipinski definition) is 8. The second kappa shape index (κ2) is 11.3. The summed E-state index contributed by atoms with van der Waals surface area (Å²) in [4.78, 5) is 39.3. The molecule has 2 aromatic carbocycles. The standard InChI is InChI=1S/C30H28N6O2S/c37-28-27(39-30(38)35-28)15-24-8-11-33-29(34-24)36-12-9-20(10-13-36)16-31-17-21-4-3-6-22(14-21)26-19-32-18-23-5-1-2-7-25(23)26/h1-8,11,14-15,18-20,31H,9-10,12-13,16-17H2,(H,35,37,38)/b27-15-. The molecule has 2 saturated heterocycles. The van der Waals surface area contributed by atoms with Gasteiger partial charge in [0.25, 0.3) is 11.1 Å². The fraction of sp³-hybridized carbons (Fsp3) is 0.233. The number of carbonyl (C=O) groups is 2. The number of fused-ring (bicyclic) bond motifs is 1. The van der Waals surface area contributed by atoms with E-state index in [2.05, 4.69) is 72.9 Å². The summed E-state index contributed by atoms with van der Waals surface area (Å²) in [6, 6.07) is 18.8. The molecule has 4 heterocycles. The third-order valence-electron chi connectivity index (χ3n) is 7.15. The van der Waals surface area contributed by atoms with Crippen molar-refractivity contribution in [3.05, 3.63) is 89.4 Å². The molecule has 9 heteroatoms. The molecule has 6 rings (SSSR count). The first-order valence-electron chi connectivity index (χ1n) is 13.1. The van der Waals surface area contributed by atoms with E-state index in [4.69, 9.17) is 0 Å². The van der Waals surface area contributed by atoms with Crippen molar-refractivity contribution in [2.75, 3.05) is 24.5 Å². The van der Waals surface area contributed by atoms with Gasteiger partial charge in [0.1, 0.15) is 0 Å². The number of anilines is 1. The van der Waals surface area contributed by atoms with Gasteiger partial charge in [0.05, 0.1) is 10.6 Å². The number of amides is 2. The summed E-state index contributed by atoms with van der Waals surface area (Å²) in [5.41, 5.74) is 4.22. The molecule has 196 valence electrons. The number of rotatable bonds is 7. The minimum atomic E-state index is -0.379. The maximum atomic E-state index is 11.8. The number of nitrogens with one attached hydrogen (secondary N) is 2. The van der Waals surface area contributed by atoms with Crippen LogP contribution >= 0.6 is 11.8 Å². The van der Waals surface area contributed by atoms with Crippen LogP contribution in [0.3, 0.4) is 0 Å². The number of piperidine rings is 1. The molecule has 0 radical (unpaired) electrons. The second-order valence-electron chi connectivity index (χ2n) is 9.80. The normalized spacial score (nSPS) is 17.2. The molecule has 0 atom stereocenters. The van der Waals surface area contributed by atoms with Gasteiger partial charge in [-0.15, -0.1) is 0 Å². The minimum absolute atomic E-state index is 0.355. The lowest BCUT2D eigenvalue weighted by Gasteiger charge is -2.32. The SMILES string of the molecule is O=C1NC(=O)/C(=C/c2ccnc(N3CCC(CNCc4cccc(-c5cncc6ccccc56)c4)CC3)n2)S1. The summed E-state index contributed by atoms with van der Waals surface area (Å²) in [5, 5.41) is 7.94. The van der Waals surface area contributed by atoms with Crippen LogP contribution in [0.15, 0.2) is 78.1 Å². The van der Waals surface area contributed by atoms with Gasteiger partial charge in [0.15, 0.2) is 0 Å². The predicted octanol–water partition coefficient (Wildman–Crippen LogP) is 5.02. The monoisotopic (exact) mass is 536 g/mol. The van der Waals surface area contributed by atoms with Gasteiger partial charge >= 0.3 is 0 Å². The Bertz CT molecular complexity index is 1560.